The van der Waals surface area contributed by atoms with E-state index >= 15 is 4.21 Å². The highest BCUT2D eigenvalue weighted by Crippen LogP contribution is 2.36. The van der Waals surface area contributed by atoms with Crippen molar-refractivity contribution in [3.63, 3.8) is 0 Å². The van der Waals surface area contributed by atoms with Crippen molar-refractivity contribution in [3.05, 3.63) is 35.2 Å². The summed E-state index contributed by atoms with van der Waals surface area (Å²) in [6, 6.07) is -5.61. The first-order valence-electron chi connectivity index (χ1n) is 32.7. The van der Waals surface area contributed by atoms with Gasteiger partial charge in [-0.1, -0.05) is 34.1 Å². The molecule has 0 spiro atoms. The molecule has 2 unspecified atom stereocenters. The molecule has 1 fully saturated rings. The molecule has 4 aliphatic rings. The van der Waals surface area contributed by atoms with Crippen molar-refractivity contribution in [1.29, 1.82) is 0 Å². The molecule has 1 saturated heterocycles. The molecule has 1 aromatic heterocycles. The second-order valence-corrected chi connectivity index (χ2v) is 26.8. The minimum Gasteiger partial charge on any atom is -0.496 e. The van der Waals surface area contributed by atoms with Crippen molar-refractivity contribution in [2.24, 2.45) is 29.4 Å². The number of amides is 9. The van der Waals surface area contributed by atoms with Crippen LogP contribution in [0.2, 0.25) is 0 Å². The maximum Gasteiger partial charge on any atom is 0.304 e. The zero-order chi connectivity index (χ0) is 72.3. The van der Waals surface area contributed by atoms with Gasteiger partial charge in [-0.2, -0.15) is 11.8 Å². The van der Waals surface area contributed by atoms with Crippen LogP contribution < -0.4 is 58.6 Å². The molecule has 5 heterocycles. The van der Waals surface area contributed by atoms with Crippen molar-refractivity contribution in [3.8, 4) is 5.75 Å². The van der Waals surface area contributed by atoms with E-state index in [0.717, 1.165) is 4.90 Å². The number of carbonyl (C=O) groups is 11. The highest BCUT2D eigenvalue weighted by Gasteiger charge is 2.45. The number of aromatic nitrogens is 1. The van der Waals surface area contributed by atoms with Gasteiger partial charge in [-0.05, 0) is 23.6 Å². The third-order valence-corrected chi connectivity index (χ3v) is 19.4. The van der Waals surface area contributed by atoms with Gasteiger partial charge in [0.1, 0.15) is 41.0 Å². The lowest BCUT2D eigenvalue weighted by molar-refractivity contribution is -0.144. The van der Waals surface area contributed by atoms with Crippen molar-refractivity contribution in [2.75, 3.05) is 124 Å². The molecule has 2 bridgehead atoms. The fourth-order valence-corrected chi connectivity index (χ4v) is 13.4. The van der Waals surface area contributed by atoms with E-state index in [0.29, 0.717) is 92.9 Å². The van der Waals surface area contributed by atoms with Crippen LogP contribution in [0.15, 0.2) is 29.1 Å². The Kier molecular flexibility index (Phi) is 33.0. The number of carboxylic acid groups (broad SMARTS) is 1. The Hall–Kier alpha value is -7.59. The third kappa shape index (κ3) is 24.6. The summed E-state index contributed by atoms with van der Waals surface area (Å²) < 4.78 is 49.5. The summed E-state index contributed by atoms with van der Waals surface area (Å²) in [5, 5.41) is 60.7. The van der Waals surface area contributed by atoms with E-state index in [9.17, 15) is 68.1 Å². The van der Waals surface area contributed by atoms with Gasteiger partial charge in [0.15, 0.2) is 5.78 Å². The van der Waals surface area contributed by atoms with Gasteiger partial charge >= 0.3 is 5.97 Å². The summed E-state index contributed by atoms with van der Waals surface area (Å²) in [5.74, 6) is -13.4. The average molecular weight is 1440 g/mol. The number of methoxy groups -OCH3 is 1. The molecule has 6 rings (SSSR count). The summed E-state index contributed by atoms with van der Waals surface area (Å²) in [6.45, 7) is 7.42. The van der Waals surface area contributed by atoms with Crippen LogP contribution in [0.1, 0.15) is 70.9 Å². The van der Waals surface area contributed by atoms with E-state index in [2.05, 4.69) is 53.2 Å². The Bertz CT molecular complexity index is 3200. The summed E-state index contributed by atoms with van der Waals surface area (Å²) in [5.41, 5.74) is 13.2. The van der Waals surface area contributed by atoms with Gasteiger partial charge in [0.25, 0.3) is 0 Å². The molecule has 1 aromatic carbocycles. The Morgan fingerprint density at radius 1 is 0.808 bits per heavy atom. The molecule has 4 aliphatic heterocycles. The van der Waals surface area contributed by atoms with E-state index in [-0.39, 0.29) is 55.0 Å². The maximum atomic E-state index is 15.3. The number of Topliss-reactive ketones (excluding diaryl/α,β-unsaturated/α-hetero) is 1. The fraction of sp³-hybridized carbons (Fsp3) is 0.661. The number of nitrogens with one attached hydrogen (secondary N) is 10. The molecule has 16 N–H and O–H groups in total. The lowest BCUT2D eigenvalue weighted by Crippen LogP contribution is -2.62. The maximum absolute atomic E-state index is 15.3. The summed E-state index contributed by atoms with van der Waals surface area (Å²) in [7, 11) is -1.01. The van der Waals surface area contributed by atoms with Crippen molar-refractivity contribution < 1.29 is 106 Å². The summed E-state index contributed by atoms with van der Waals surface area (Å²) in [4.78, 5) is 154. The molecule has 0 radical (unpaired) electrons. The molecule has 99 heavy (non-hydrogen) atoms. The number of carboxylic acids is 1. The Labute approximate surface area is 578 Å². The number of ether oxygens (including phenoxy) is 6. The van der Waals surface area contributed by atoms with Crippen LogP contribution in [-0.2, 0) is 99.4 Å². The number of aliphatic hydroxyl groups is 3. The number of fused-ring (bicyclic) bond motifs is 5. The van der Waals surface area contributed by atoms with Gasteiger partial charge in [-0.25, -0.2) is 0 Å². The molecule has 35 nitrogen and oxygen atoms in total. The minimum absolute atomic E-state index is 0.122. The van der Waals surface area contributed by atoms with Gasteiger partial charge in [0, 0.05) is 72.2 Å². The number of aromatic amines is 1. The molecule has 0 saturated carbocycles. The van der Waals surface area contributed by atoms with Gasteiger partial charge in [-0.3, -0.25) is 62.0 Å². The summed E-state index contributed by atoms with van der Waals surface area (Å²) in [6.07, 6.45) is -3.36. The molecule has 2 aromatic rings. The van der Waals surface area contributed by atoms with Gasteiger partial charge in [0.05, 0.1) is 159 Å². The number of hydrazine groups is 2. The standard InChI is InChI=1S/C62H95N13O22S2/c1-6-34(2)41-22-38(77)27-65-57(86)44-24-42-40-7-8-49(92-5)43(32-98-20-19-97-18-17-96-16-15-95-14-13-94-12-11-93-10-9-74-29-37(72-73-74)26-64-55(84)35(3)21-52(82)83)54(40)71-61(42)99(91)33-46(67-51(81)28-66-56(41)85)58(87)69-45(25-50(63)80)62(90)75-30-39(78)23-47(75)59(88)70-53(60(89)68-44)36(4)48(79)31-76/h7-8,29,34-36,39,41,44-48,53,71-73,76,78-79H,6,9-28,30-33H2,1-5H3,(H2,63,80)(H,64,84)(H,65,86)(H,66,85)(H,67,81)(H,68,89)(H,69,87)(H,70,88)(H,82,83)/t34-,35?,36-,39+,41-,44-,45-,46+,47-,48-,53-,99?/m0/s1. The first-order valence-corrected chi connectivity index (χ1v) is 35.2. The Morgan fingerprint density at radius 3 is 2.10 bits per heavy atom. The third-order valence-electron chi connectivity index (χ3n) is 17.0. The van der Waals surface area contributed by atoms with Crippen LogP contribution in [0.3, 0.4) is 0 Å². The first-order chi connectivity index (χ1) is 47.3. The summed E-state index contributed by atoms with van der Waals surface area (Å²) >= 11 is 1.43. The van der Waals surface area contributed by atoms with Gasteiger partial charge in [0.2, 0.25) is 53.2 Å². The number of benzene rings is 1. The molecule has 552 valence electrons. The SMILES string of the molecule is CC[C@H](C)[C@@H]1CC(=O)CNC(=O)[C@@H]2Cc3c([nH]c4c(CSCCOCCOCCOCCOCCOCCN5C=C(CNC(=O)C(C)CC(=O)O)NN5)c(OC)ccc34)S(=O)C[C@@H](NC(=O)CNC1=O)C(=O)N[C@@H](CC(N)=O)C(=O)N1C[C@H](O)C[C@H]1C(=O)N[C@@H]([C@@H](C)[C@@H](O)CO)C(=O)N2. The lowest BCUT2D eigenvalue weighted by atomic mass is 9.86. The zero-order valence-corrected chi connectivity index (χ0v) is 57.8. The monoisotopic (exact) mass is 1440 g/mol. The van der Waals surface area contributed by atoms with Gasteiger partial charge in [-0.15, -0.1) is 5.53 Å². The number of ketones is 1. The molecular weight excluding hydrogens is 1340 g/mol. The van der Waals surface area contributed by atoms with Crippen LogP contribution in [0.4, 0.5) is 0 Å². The zero-order valence-electron chi connectivity index (χ0n) is 56.2. The predicted octanol–water partition coefficient (Wildman–Crippen LogP) is -4.82. The number of H-pyrrole nitrogens is 1. The quantitative estimate of drug-likeness (QED) is 0.0298. The fourth-order valence-electron chi connectivity index (χ4n) is 11.2. The van der Waals surface area contributed by atoms with Crippen LogP contribution in [0, 0.1) is 23.7 Å². The predicted molar refractivity (Wildman–Crippen MR) is 354 cm³/mol. The van der Waals surface area contributed by atoms with E-state index in [1.165, 1.54) is 25.8 Å². The van der Waals surface area contributed by atoms with Crippen LogP contribution in [0.25, 0.3) is 10.9 Å². The number of primary amides is 1. The number of nitrogens with zero attached hydrogens (tertiary/aromatic N) is 2. The Balaban J connectivity index is 1.14. The number of nitrogens with two attached hydrogens (primary N) is 1. The van der Waals surface area contributed by atoms with Gasteiger partial charge < -0.3 is 107 Å². The number of aliphatic hydroxyl groups excluding tert-OH is 3. The first kappa shape index (κ1) is 80.4. The molecule has 37 heteroatoms. The molecule has 12 atom stereocenters. The number of hydrogen-bond donors (Lipinski definition) is 15. The van der Waals surface area contributed by atoms with Crippen molar-refractivity contribution in [1.82, 2.24) is 63.1 Å². The molecule has 9 amide bonds. The van der Waals surface area contributed by atoms with Crippen molar-refractivity contribution in [2.45, 2.75) is 119 Å². The van der Waals surface area contributed by atoms with E-state index in [1.807, 2.05) is 0 Å². The lowest BCUT2D eigenvalue weighted by Gasteiger charge is -2.32. The van der Waals surface area contributed by atoms with E-state index in [4.69, 9.17) is 39.3 Å². The highest BCUT2D eigenvalue weighted by atomic mass is 32.2. The second-order valence-electron chi connectivity index (χ2n) is 24.3. The number of aliphatic carboxylic acids is 1. The normalized spacial score (nSPS) is 23.6. The smallest absolute Gasteiger partial charge is 0.304 e. The topological polar surface area (TPSA) is 498 Å². The second kappa shape index (κ2) is 40.6. The van der Waals surface area contributed by atoms with Crippen LogP contribution >= 0.6 is 11.8 Å². The van der Waals surface area contributed by atoms with Crippen molar-refractivity contribution >= 4 is 98.4 Å². The van der Waals surface area contributed by atoms with E-state index in [1.54, 1.807) is 44.1 Å². The number of carbonyl (C=O) groups excluding carboxylic acids is 10. The average Bonchev–Trinajstić information content (AvgIpc) is 1.62. The van der Waals surface area contributed by atoms with Crippen LogP contribution in [0.5, 0.6) is 5.75 Å². The Morgan fingerprint density at radius 2 is 1.46 bits per heavy atom. The highest BCUT2D eigenvalue weighted by molar-refractivity contribution is 7.98. The molecular formula is C62H95N13O22S2. The number of rotatable bonds is 33. The minimum atomic E-state index is -2.44. The largest absolute Gasteiger partial charge is 0.496 e. The number of hydrogen-bond acceptors (Lipinski definition) is 25. The molecule has 0 aliphatic carbocycles. The van der Waals surface area contributed by atoms with Crippen LogP contribution in [-0.4, -0.2) is 271 Å². The number of thioether (sulfide) groups is 1. The van der Waals surface area contributed by atoms with E-state index < -0.39 is 194 Å².